The Labute approximate surface area is 178 Å². The molecule has 0 fully saturated rings. The maximum atomic E-state index is 13.0. The molecule has 4 aromatic rings. The van der Waals surface area contributed by atoms with Gasteiger partial charge in [0.2, 0.25) is 0 Å². The average Bonchev–Trinajstić information content (AvgIpc) is 3.13. The molecule has 1 heterocycles. The van der Waals surface area contributed by atoms with Gasteiger partial charge < -0.3 is 14.4 Å². The van der Waals surface area contributed by atoms with E-state index < -0.39 is 11.8 Å². The minimum Gasteiger partial charge on any atom is -0.493 e. The van der Waals surface area contributed by atoms with Gasteiger partial charge in [-0.25, -0.2) is 9.18 Å². The predicted molar refractivity (Wildman–Crippen MR) is 115 cm³/mol. The van der Waals surface area contributed by atoms with E-state index in [0.717, 1.165) is 16.6 Å². The number of carbonyl (C=O) groups excluding carboxylic acids is 1. The Bertz CT molecular complexity index is 1230. The van der Waals surface area contributed by atoms with E-state index in [4.69, 9.17) is 4.74 Å². The van der Waals surface area contributed by atoms with Gasteiger partial charge in [0.25, 0.3) is 5.78 Å². The second-order valence-corrected chi connectivity index (χ2v) is 7.19. The standard InChI is InChI=1S/C25H20FNO4/c26-19-8-6-17(7-9-19)12-13-31-20-10-11-23-21(14-20)22(24(28)25(29)30)16-27(23)15-18-4-2-1-3-5-18/h1-11,14,16H,12-13,15H2,(H,29,30). The zero-order chi connectivity index (χ0) is 21.8. The molecule has 0 amide bonds. The Hall–Kier alpha value is -3.93. The summed E-state index contributed by atoms with van der Waals surface area (Å²) >= 11 is 0. The number of carboxylic acid groups (broad SMARTS) is 1. The Morgan fingerprint density at radius 1 is 0.935 bits per heavy atom. The van der Waals surface area contributed by atoms with E-state index in [0.29, 0.717) is 30.7 Å². The highest BCUT2D eigenvalue weighted by Gasteiger charge is 2.21. The SMILES string of the molecule is O=C(O)C(=O)c1cn(Cc2ccccc2)c2ccc(OCCc3ccc(F)cc3)cc12. The number of rotatable bonds is 8. The molecule has 1 aromatic heterocycles. The lowest BCUT2D eigenvalue weighted by molar-refractivity contribution is -0.131. The van der Waals surface area contributed by atoms with Gasteiger partial charge >= 0.3 is 5.97 Å². The Morgan fingerprint density at radius 2 is 1.68 bits per heavy atom. The average molecular weight is 417 g/mol. The number of hydrogen-bond donors (Lipinski definition) is 1. The summed E-state index contributed by atoms with van der Waals surface area (Å²) in [4.78, 5) is 23.6. The number of fused-ring (bicyclic) bond motifs is 1. The first-order valence-corrected chi connectivity index (χ1v) is 9.83. The fourth-order valence-electron chi connectivity index (χ4n) is 3.51. The minimum absolute atomic E-state index is 0.127. The molecule has 4 rings (SSSR count). The number of aromatic nitrogens is 1. The van der Waals surface area contributed by atoms with Gasteiger partial charge in [0.15, 0.2) is 0 Å². The summed E-state index contributed by atoms with van der Waals surface area (Å²) in [7, 11) is 0. The van der Waals surface area contributed by atoms with Gasteiger partial charge in [0, 0.05) is 30.1 Å². The maximum absolute atomic E-state index is 13.0. The summed E-state index contributed by atoms with van der Waals surface area (Å²) in [6.07, 6.45) is 2.17. The summed E-state index contributed by atoms with van der Waals surface area (Å²) in [6.45, 7) is 0.874. The van der Waals surface area contributed by atoms with E-state index in [2.05, 4.69) is 0 Å². The lowest BCUT2D eigenvalue weighted by Gasteiger charge is -2.08. The zero-order valence-corrected chi connectivity index (χ0v) is 16.6. The van der Waals surface area contributed by atoms with Crippen LogP contribution in [0.5, 0.6) is 5.75 Å². The fraction of sp³-hybridized carbons (Fsp3) is 0.120. The molecule has 0 saturated carbocycles. The number of carbonyl (C=O) groups is 2. The van der Waals surface area contributed by atoms with Crippen molar-refractivity contribution < 1.29 is 23.8 Å². The minimum atomic E-state index is -1.50. The van der Waals surface area contributed by atoms with Gasteiger partial charge in [-0.05, 0) is 41.5 Å². The Balaban J connectivity index is 1.60. The van der Waals surface area contributed by atoms with Crippen LogP contribution in [0.25, 0.3) is 10.9 Å². The van der Waals surface area contributed by atoms with Crippen LogP contribution in [0, 0.1) is 5.82 Å². The molecule has 1 N–H and O–H groups in total. The summed E-state index contributed by atoms with van der Waals surface area (Å²) in [6, 6.07) is 21.2. The highest BCUT2D eigenvalue weighted by atomic mass is 19.1. The lowest BCUT2D eigenvalue weighted by atomic mass is 10.1. The Morgan fingerprint density at radius 3 is 2.39 bits per heavy atom. The van der Waals surface area contributed by atoms with Crippen LogP contribution in [-0.2, 0) is 17.8 Å². The normalized spacial score (nSPS) is 10.9. The van der Waals surface area contributed by atoms with Crippen LogP contribution < -0.4 is 4.74 Å². The molecule has 6 heteroatoms. The smallest absolute Gasteiger partial charge is 0.377 e. The molecular weight excluding hydrogens is 397 g/mol. The van der Waals surface area contributed by atoms with Crippen LogP contribution in [0.3, 0.4) is 0 Å². The van der Waals surface area contributed by atoms with Gasteiger partial charge in [0.1, 0.15) is 11.6 Å². The van der Waals surface area contributed by atoms with E-state index in [1.807, 2.05) is 41.0 Å². The second-order valence-electron chi connectivity index (χ2n) is 7.19. The van der Waals surface area contributed by atoms with Crippen LogP contribution >= 0.6 is 0 Å². The summed E-state index contributed by atoms with van der Waals surface area (Å²) in [5.41, 5.74) is 2.85. The van der Waals surface area contributed by atoms with Gasteiger partial charge in [-0.1, -0.05) is 42.5 Å². The van der Waals surface area contributed by atoms with E-state index in [1.165, 1.54) is 12.1 Å². The Kier molecular flexibility index (Phi) is 5.80. The maximum Gasteiger partial charge on any atom is 0.377 e. The first kappa shape index (κ1) is 20.3. The van der Waals surface area contributed by atoms with E-state index in [9.17, 15) is 19.1 Å². The van der Waals surface area contributed by atoms with Crippen molar-refractivity contribution >= 4 is 22.7 Å². The largest absolute Gasteiger partial charge is 0.493 e. The number of nitrogens with zero attached hydrogens (tertiary/aromatic N) is 1. The van der Waals surface area contributed by atoms with Crippen LogP contribution in [0.1, 0.15) is 21.5 Å². The van der Waals surface area contributed by atoms with Gasteiger partial charge in [0.05, 0.1) is 12.2 Å². The number of ketones is 1. The van der Waals surface area contributed by atoms with Gasteiger partial charge in [-0.15, -0.1) is 0 Å². The molecule has 0 unspecified atom stereocenters. The molecule has 3 aromatic carbocycles. The number of halogens is 1. The van der Waals surface area contributed by atoms with Crippen molar-refractivity contribution in [3.05, 3.63) is 102 Å². The van der Waals surface area contributed by atoms with Crippen molar-refractivity contribution in [3.8, 4) is 5.75 Å². The van der Waals surface area contributed by atoms with Gasteiger partial charge in [-0.3, -0.25) is 4.79 Å². The first-order valence-electron chi connectivity index (χ1n) is 9.83. The molecule has 156 valence electrons. The molecule has 31 heavy (non-hydrogen) atoms. The van der Waals surface area contributed by atoms with Crippen LogP contribution in [-0.4, -0.2) is 28.0 Å². The number of hydrogen-bond acceptors (Lipinski definition) is 3. The quantitative estimate of drug-likeness (QED) is 0.333. The first-order chi connectivity index (χ1) is 15.0. The van der Waals surface area contributed by atoms with Crippen LogP contribution in [0.4, 0.5) is 4.39 Å². The highest BCUT2D eigenvalue weighted by molar-refractivity contribution is 6.42. The number of aliphatic carboxylic acids is 1. The third-order valence-electron chi connectivity index (χ3n) is 5.06. The third kappa shape index (κ3) is 4.64. The molecule has 0 saturated heterocycles. The predicted octanol–water partition coefficient (Wildman–Crippen LogP) is 4.72. The molecule has 0 aliphatic rings. The molecule has 0 radical (unpaired) electrons. The van der Waals surface area contributed by atoms with Crippen molar-refractivity contribution in [2.45, 2.75) is 13.0 Å². The highest BCUT2D eigenvalue weighted by Crippen LogP contribution is 2.27. The van der Waals surface area contributed by atoms with E-state index >= 15 is 0 Å². The van der Waals surface area contributed by atoms with Crippen molar-refractivity contribution in [2.24, 2.45) is 0 Å². The molecule has 0 aliphatic carbocycles. The number of Topliss-reactive ketones (excluding diaryl/α,β-unsaturated/α-hetero) is 1. The van der Waals surface area contributed by atoms with Crippen molar-refractivity contribution in [1.29, 1.82) is 0 Å². The summed E-state index contributed by atoms with van der Waals surface area (Å²) in [5, 5.41) is 9.76. The zero-order valence-electron chi connectivity index (χ0n) is 16.6. The molecule has 0 aliphatic heterocycles. The molecular formula is C25H20FNO4. The topological polar surface area (TPSA) is 68.5 Å². The van der Waals surface area contributed by atoms with Gasteiger partial charge in [-0.2, -0.15) is 0 Å². The molecule has 5 nitrogen and oxygen atoms in total. The van der Waals surface area contributed by atoms with Crippen LogP contribution in [0.2, 0.25) is 0 Å². The monoisotopic (exact) mass is 417 g/mol. The lowest BCUT2D eigenvalue weighted by Crippen LogP contribution is -2.12. The summed E-state index contributed by atoms with van der Waals surface area (Å²) < 4.78 is 20.7. The molecule has 0 spiro atoms. The van der Waals surface area contributed by atoms with Crippen molar-refractivity contribution in [1.82, 2.24) is 4.57 Å². The molecule has 0 bridgehead atoms. The molecule has 0 atom stereocenters. The van der Waals surface area contributed by atoms with E-state index in [-0.39, 0.29) is 11.4 Å². The number of benzene rings is 3. The van der Waals surface area contributed by atoms with Crippen molar-refractivity contribution in [3.63, 3.8) is 0 Å². The van der Waals surface area contributed by atoms with Crippen molar-refractivity contribution in [2.75, 3.05) is 6.61 Å². The fourth-order valence-corrected chi connectivity index (χ4v) is 3.51. The third-order valence-corrected chi connectivity index (χ3v) is 5.06. The number of ether oxygens (including phenoxy) is 1. The van der Waals surface area contributed by atoms with E-state index in [1.54, 1.807) is 30.5 Å². The second kappa shape index (κ2) is 8.83. The summed E-state index contributed by atoms with van der Waals surface area (Å²) in [5.74, 6) is -2.21. The van der Waals surface area contributed by atoms with Crippen LogP contribution in [0.15, 0.2) is 79.0 Å². The number of carboxylic acids is 1.